The van der Waals surface area contributed by atoms with Gasteiger partial charge in [-0.2, -0.15) is 22.0 Å². The van der Waals surface area contributed by atoms with E-state index >= 15 is 0 Å². The number of carbonyl (C=O) groups is 2. The lowest BCUT2D eigenvalue weighted by Gasteiger charge is -2.34. The first-order valence-corrected chi connectivity index (χ1v) is 9.28. The van der Waals surface area contributed by atoms with E-state index in [2.05, 4.69) is 19.5 Å². The van der Waals surface area contributed by atoms with Gasteiger partial charge in [0.05, 0.1) is 6.61 Å². The maximum Gasteiger partial charge on any atom is 0.468 e. The zero-order valence-electron chi connectivity index (χ0n) is 14.7. The van der Waals surface area contributed by atoms with E-state index in [9.17, 15) is 40.3 Å². The van der Waals surface area contributed by atoms with Gasteiger partial charge in [-0.25, -0.2) is 9.59 Å². The predicted molar refractivity (Wildman–Crippen MR) is 81.7 cm³/mol. The van der Waals surface area contributed by atoms with E-state index in [0.717, 1.165) is 13.3 Å². The molecule has 2 unspecified atom stereocenters. The highest BCUT2D eigenvalue weighted by Gasteiger charge is 2.68. The molecule has 1 aliphatic carbocycles. The standard InChI is InChI=1S/C14H20F5NO7S/c1-2-25-10(21)13(14(17,18)19,26-8-12(15,16)28(23)24)27-11(22)20-9-6-4-3-5-7-9/h9H,2-8H2,1H3,(H,20,22)(H,23,24)/p-1. The highest BCUT2D eigenvalue weighted by atomic mass is 32.2. The molecular formula is C14H19F5NO7S-. The lowest BCUT2D eigenvalue weighted by molar-refractivity contribution is -0.355. The molecule has 0 aromatic heterocycles. The zero-order valence-corrected chi connectivity index (χ0v) is 15.5. The number of esters is 1. The SMILES string of the molecule is CCOC(=O)C(OCC(F)(F)S(=O)[O-])(OC(=O)NC1CCCCC1)C(F)(F)F. The number of nitrogens with one attached hydrogen (secondary N) is 1. The summed E-state index contributed by atoms with van der Waals surface area (Å²) in [6.45, 7) is -1.92. The average molecular weight is 440 g/mol. The van der Waals surface area contributed by atoms with Crippen molar-refractivity contribution in [1.29, 1.82) is 0 Å². The highest BCUT2D eigenvalue weighted by Crippen LogP contribution is 2.38. The van der Waals surface area contributed by atoms with E-state index in [4.69, 9.17) is 0 Å². The van der Waals surface area contributed by atoms with Gasteiger partial charge >= 0.3 is 29.3 Å². The lowest BCUT2D eigenvalue weighted by atomic mass is 9.96. The monoisotopic (exact) mass is 440 g/mol. The Morgan fingerprint density at radius 2 is 1.71 bits per heavy atom. The summed E-state index contributed by atoms with van der Waals surface area (Å²) in [5.74, 6) is -6.89. The molecule has 0 spiro atoms. The Labute approximate surface area is 159 Å². The van der Waals surface area contributed by atoms with Crippen molar-refractivity contribution < 1.29 is 54.5 Å². The molecule has 0 aromatic rings. The molecule has 0 bridgehead atoms. The smallest absolute Gasteiger partial charge is 0.468 e. The van der Waals surface area contributed by atoms with Crippen LogP contribution in [0.1, 0.15) is 39.0 Å². The molecule has 2 atom stereocenters. The summed E-state index contributed by atoms with van der Waals surface area (Å²) in [5, 5.41) is -2.68. The molecular weight excluding hydrogens is 421 g/mol. The van der Waals surface area contributed by atoms with Gasteiger partial charge in [0.2, 0.25) is 0 Å². The number of carbonyl (C=O) groups excluding carboxylic acids is 2. The highest BCUT2D eigenvalue weighted by molar-refractivity contribution is 7.80. The van der Waals surface area contributed by atoms with Gasteiger partial charge in [-0.1, -0.05) is 19.3 Å². The van der Waals surface area contributed by atoms with Gasteiger partial charge in [-0.15, -0.1) is 0 Å². The minimum absolute atomic E-state index is 0.446. The summed E-state index contributed by atoms with van der Waals surface area (Å²) in [7, 11) is 0. The normalized spacial score (nSPS) is 19.4. The predicted octanol–water partition coefficient (Wildman–Crippen LogP) is 2.36. The molecule has 14 heteroatoms. The molecule has 1 rings (SSSR count). The van der Waals surface area contributed by atoms with Gasteiger partial charge in [-0.05, 0) is 19.8 Å². The van der Waals surface area contributed by atoms with Crippen LogP contribution in [0.4, 0.5) is 26.7 Å². The number of amides is 1. The average Bonchev–Trinajstić information content (AvgIpc) is 2.58. The minimum Gasteiger partial charge on any atom is -0.768 e. The topological polar surface area (TPSA) is 114 Å². The summed E-state index contributed by atoms with van der Waals surface area (Å²) < 4.78 is 100.0. The quantitative estimate of drug-likeness (QED) is 0.267. The summed E-state index contributed by atoms with van der Waals surface area (Å²) in [6, 6.07) is -0.537. The van der Waals surface area contributed by atoms with Crippen LogP contribution in [0.5, 0.6) is 0 Å². The first-order valence-electron chi connectivity index (χ1n) is 8.20. The van der Waals surface area contributed by atoms with Crippen molar-refractivity contribution in [3.8, 4) is 0 Å². The molecule has 1 N–H and O–H groups in total. The van der Waals surface area contributed by atoms with E-state index in [1.54, 1.807) is 0 Å². The third-order valence-corrected chi connectivity index (χ3v) is 4.37. The number of ether oxygens (including phenoxy) is 3. The first kappa shape index (κ1) is 24.5. The number of alkyl halides is 5. The van der Waals surface area contributed by atoms with Crippen LogP contribution in [0.3, 0.4) is 0 Å². The summed E-state index contributed by atoms with van der Waals surface area (Å²) in [4.78, 5) is 23.8. The fourth-order valence-corrected chi connectivity index (χ4v) is 2.57. The maximum atomic E-state index is 13.5. The third-order valence-electron chi connectivity index (χ3n) is 3.77. The van der Waals surface area contributed by atoms with Crippen molar-refractivity contribution >= 4 is 23.1 Å². The van der Waals surface area contributed by atoms with Crippen LogP contribution in [-0.4, -0.2) is 57.3 Å². The van der Waals surface area contributed by atoms with Gasteiger partial charge in [0.15, 0.2) is 0 Å². The van der Waals surface area contributed by atoms with Crippen LogP contribution in [0.15, 0.2) is 0 Å². The molecule has 1 fully saturated rings. The zero-order chi connectivity index (χ0) is 21.6. The molecule has 28 heavy (non-hydrogen) atoms. The fourth-order valence-electron chi connectivity index (χ4n) is 2.42. The molecule has 0 aliphatic heterocycles. The Bertz CT molecular complexity index is 583. The van der Waals surface area contributed by atoms with Gasteiger partial charge in [-0.3, -0.25) is 4.21 Å². The lowest BCUT2D eigenvalue weighted by Crippen LogP contribution is -2.60. The van der Waals surface area contributed by atoms with Crippen LogP contribution in [0, 0.1) is 0 Å². The summed E-state index contributed by atoms with van der Waals surface area (Å²) in [6.07, 6.45) is -4.43. The number of hydrogen-bond donors (Lipinski definition) is 1. The van der Waals surface area contributed by atoms with Crippen molar-refractivity contribution in [3.05, 3.63) is 0 Å². The first-order chi connectivity index (χ1) is 12.9. The van der Waals surface area contributed by atoms with E-state index in [1.807, 2.05) is 0 Å². The second kappa shape index (κ2) is 9.78. The van der Waals surface area contributed by atoms with Crippen molar-refractivity contribution in [2.45, 2.75) is 62.3 Å². The van der Waals surface area contributed by atoms with Gasteiger partial charge in [0.1, 0.15) is 6.61 Å². The van der Waals surface area contributed by atoms with Gasteiger partial charge < -0.3 is 24.1 Å². The molecule has 0 heterocycles. The van der Waals surface area contributed by atoms with E-state index in [0.29, 0.717) is 25.7 Å². The molecule has 0 radical (unpaired) electrons. The van der Waals surface area contributed by atoms with E-state index < -0.39 is 59.6 Å². The minimum atomic E-state index is -5.84. The molecule has 0 aromatic carbocycles. The molecule has 164 valence electrons. The van der Waals surface area contributed by atoms with Crippen LogP contribution in [0.25, 0.3) is 0 Å². The summed E-state index contributed by atoms with van der Waals surface area (Å²) >= 11 is -4.16. The van der Waals surface area contributed by atoms with Crippen LogP contribution in [0.2, 0.25) is 0 Å². The molecule has 1 saturated carbocycles. The van der Waals surface area contributed by atoms with Crippen LogP contribution >= 0.6 is 0 Å². The number of hydrogen-bond acceptors (Lipinski definition) is 7. The van der Waals surface area contributed by atoms with E-state index in [-0.39, 0.29) is 0 Å². The third kappa shape index (κ3) is 6.24. The molecule has 0 saturated heterocycles. The van der Waals surface area contributed by atoms with Crippen LogP contribution < -0.4 is 5.32 Å². The van der Waals surface area contributed by atoms with Crippen molar-refractivity contribution in [2.24, 2.45) is 0 Å². The van der Waals surface area contributed by atoms with Crippen LogP contribution in [-0.2, 0) is 30.1 Å². The van der Waals surface area contributed by atoms with Gasteiger partial charge in [0, 0.05) is 17.1 Å². The fraction of sp³-hybridized carbons (Fsp3) is 0.857. The Hall–Kier alpha value is -1.54. The Kier molecular flexibility index (Phi) is 8.56. The molecule has 1 amide bonds. The Balaban J connectivity index is 3.10. The Morgan fingerprint density at radius 1 is 1.14 bits per heavy atom. The number of rotatable bonds is 8. The van der Waals surface area contributed by atoms with Crippen molar-refractivity contribution in [1.82, 2.24) is 5.32 Å². The largest absolute Gasteiger partial charge is 0.768 e. The van der Waals surface area contributed by atoms with Crippen molar-refractivity contribution in [2.75, 3.05) is 13.2 Å². The number of alkyl carbamates (subject to hydrolysis) is 1. The molecule has 8 nitrogen and oxygen atoms in total. The maximum absolute atomic E-state index is 13.5. The van der Waals surface area contributed by atoms with Crippen molar-refractivity contribution in [3.63, 3.8) is 0 Å². The van der Waals surface area contributed by atoms with E-state index in [1.165, 1.54) is 0 Å². The number of halogens is 5. The summed E-state index contributed by atoms with van der Waals surface area (Å²) in [5.41, 5.74) is 0. The second-order valence-corrected chi connectivity index (χ2v) is 6.93. The van der Waals surface area contributed by atoms with Gasteiger partial charge in [0.25, 0.3) is 0 Å². The Morgan fingerprint density at radius 3 is 2.18 bits per heavy atom. The second-order valence-electron chi connectivity index (χ2n) is 5.86. The molecule has 1 aliphatic rings.